The summed E-state index contributed by atoms with van der Waals surface area (Å²) in [5.74, 6) is 1.77. The molecule has 0 aromatic carbocycles. The van der Waals surface area contributed by atoms with E-state index in [0.717, 1.165) is 31.6 Å². The standard InChI is InChI=1S/C17H28O2/c1-3-5-6-15-11-12-16(17(18)19-15)14-9-7-13(4-2)8-10-14/h3,13-16H,1,4-12H2,2H3. The normalized spacial score (nSPS) is 35.7. The van der Waals surface area contributed by atoms with Gasteiger partial charge in [0, 0.05) is 0 Å². The third kappa shape index (κ3) is 3.84. The van der Waals surface area contributed by atoms with E-state index in [1.54, 1.807) is 0 Å². The fourth-order valence-electron chi connectivity index (χ4n) is 3.73. The Balaban J connectivity index is 1.80. The molecular formula is C17H28O2. The van der Waals surface area contributed by atoms with Gasteiger partial charge in [0.2, 0.25) is 0 Å². The van der Waals surface area contributed by atoms with Gasteiger partial charge in [0.1, 0.15) is 6.10 Å². The monoisotopic (exact) mass is 264 g/mol. The molecule has 1 saturated carbocycles. The zero-order valence-corrected chi connectivity index (χ0v) is 12.3. The Bertz CT molecular complexity index is 302. The number of carbonyl (C=O) groups excluding carboxylic acids is 1. The molecule has 2 unspecified atom stereocenters. The summed E-state index contributed by atoms with van der Waals surface area (Å²) in [4.78, 5) is 12.2. The van der Waals surface area contributed by atoms with Crippen molar-refractivity contribution in [1.29, 1.82) is 0 Å². The smallest absolute Gasteiger partial charge is 0.309 e. The molecule has 0 aromatic rings. The molecule has 2 rings (SSSR count). The van der Waals surface area contributed by atoms with Crippen molar-refractivity contribution in [2.24, 2.45) is 17.8 Å². The van der Waals surface area contributed by atoms with Gasteiger partial charge in [-0.25, -0.2) is 0 Å². The third-order valence-corrected chi connectivity index (χ3v) is 5.12. The van der Waals surface area contributed by atoms with Crippen LogP contribution in [0.2, 0.25) is 0 Å². The van der Waals surface area contributed by atoms with Gasteiger partial charge in [0.15, 0.2) is 0 Å². The summed E-state index contributed by atoms with van der Waals surface area (Å²) in [7, 11) is 0. The van der Waals surface area contributed by atoms with Gasteiger partial charge in [-0.1, -0.05) is 32.3 Å². The van der Waals surface area contributed by atoms with Crippen molar-refractivity contribution < 1.29 is 9.53 Å². The van der Waals surface area contributed by atoms with Crippen LogP contribution in [0.1, 0.15) is 64.7 Å². The van der Waals surface area contributed by atoms with Crippen molar-refractivity contribution in [3.63, 3.8) is 0 Å². The summed E-state index contributed by atoms with van der Waals surface area (Å²) in [6.45, 7) is 6.01. The summed E-state index contributed by atoms with van der Waals surface area (Å²) in [5.41, 5.74) is 0. The maximum absolute atomic E-state index is 12.2. The molecule has 0 amide bonds. The molecule has 0 bridgehead atoms. The van der Waals surface area contributed by atoms with E-state index in [1.807, 2.05) is 6.08 Å². The summed E-state index contributed by atoms with van der Waals surface area (Å²) in [5, 5.41) is 0. The van der Waals surface area contributed by atoms with Crippen molar-refractivity contribution in [2.75, 3.05) is 0 Å². The molecular weight excluding hydrogens is 236 g/mol. The van der Waals surface area contributed by atoms with Crippen LogP contribution >= 0.6 is 0 Å². The lowest BCUT2D eigenvalue weighted by atomic mass is 9.73. The third-order valence-electron chi connectivity index (χ3n) is 5.12. The highest BCUT2D eigenvalue weighted by Gasteiger charge is 2.36. The number of cyclic esters (lactones) is 1. The van der Waals surface area contributed by atoms with Crippen LogP contribution in [-0.4, -0.2) is 12.1 Å². The van der Waals surface area contributed by atoms with E-state index in [0.29, 0.717) is 5.92 Å². The molecule has 2 atom stereocenters. The van der Waals surface area contributed by atoms with E-state index in [2.05, 4.69) is 13.5 Å². The van der Waals surface area contributed by atoms with Crippen LogP contribution in [-0.2, 0) is 9.53 Å². The number of hydrogen-bond acceptors (Lipinski definition) is 2. The number of carbonyl (C=O) groups is 1. The fraction of sp³-hybridized carbons (Fsp3) is 0.824. The van der Waals surface area contributed by atoms with E-state index < -0.39 is 0 Å². The van der Waals surface area contributed by atoms with Crippen LogP contribution in [0.3, 0.4) is 0 Å². The number of rotatable bonds is 5. The second kappa shape index (κ2) is 7.12. The molecule has 1 aliphatic heterocycles. The van der Waals surface area contributed by atoms with Gasteiger partial charge in [-0.15, -0.1) is 6.58 Å². The maximum atomic E-state index is 12.2. The topological polar surface area (TPSA) is 26.3 Å². The van der Waals surface area contributed by atoms with Gasteiger partial charge in [0.05, 0.1) is 5.92 Å². The quantitative estimate of drug-likeness (QED) is 0.540. The Morgan fingerprint density at radius 2 is 1.95 bits per heavy atom. The lowest BCUT2D eigenvalue weighted by Crippen LogP contribution is -2.36. The fourth-order valence-corrected chi connectivity index (χ4v) is 3.73. The predicted octanol–water partition coefficient (Wildman–Crippen LogP) is 4.49. The largest absolute Gasteiger partial charge is 0.462 e. The first kappa shape index (κ1) is 14.6. The van der Waals surface area contributed by atoms with Gasteiger partial charge in [-0.2, -0.15) is 0 Å². The SMILES string of the molecule is C=CCCC1CCC(C2CCC(CC)CC2)C(=O)O1. The summed E-state index contributed by atoms with van der Waals surface area (Å²) >= 11 is 0. The zero-order chi connectivity index (χ0) is 13.7. The van der Waals surface area contributed by atoms with Crippen molar-refractivity contribution in [2.45, 2.75) is 70.8 Å². The first-order chi connectivity index (χ1) is 9.24. The zero-order valence-electron chi connectivity index (χ0n) is 12.3. The summed E-state index contributed by atoms with van der Waals surface area (Å²) in [6.07, 6.45) is 12.4. The second-order valence-corrected chi connectivity index (χ2v) is 6.30. The molecule has 2 aliphatic rings. The van der Waals surface area contributed by atoms with Crippen molar-refractivity contribution in [3.05, 3.63) is 12.7 Å². The molecule has 1 saturated heterocycles. The molecule has 19 heavy (non-hydrogen) atoms. The van der Waals surface area contributed by atoms with Crippen molar-refractivity contribution in [3.8, 4) is 0 Å². The molecule has 108 valence electrons. The van der Waals surface area contributed by atoms with Crippen molar-refractivity contribution in [1.82, 2.24) is 0 Å². The van der Waals surface area contributed by atoms with Crippen LogP contribution in [0, 0.1) is 17.8 Å². The average Bonchev–Trinajstić information content (AvgIpc) is 2.45. The lowest BCUT2D eigenvalue weighted by Gasteiger charge is -2.36. The van der Waals surface area contributed by atoms with Gasteiger partial charge in [-0.3, -0.25) is 4.79 Å². The molecule has 0 aromatic heterocycles. The minimum absolute atomic E-state index is 0.0836. The Morgan fingerprint density at radius 3 is 2.53 bits per heavy atom. The van der Waals surface area contributed by atoms with Gasteiger partial charge in [0.25, 0.3) is 0 Å². The Morgan fingerprint density at radius 1 is 1.21 bits per heavy atom. The van der Waals surface area contributed by atoms with Crippen LogP contribution in [0.4, 0.5) is 0 Å². The Labute approximate surface area is 117 Å². The molecule has 2 heteroatoms. The second-order valence-electron chi connectivity index (χ2n) is 6.30. The molecule has 2 nitrogen and oxygen atoms in total. The first-order valence-electron chi connectivity index (χ1n) is 8.06. The molecule has 0 spiro atoms. The maximum Gasteiger partial charge on any atom is 0.309 e. The van der Waals surface area contributed by atoms with E-state index in [9.17, 15) is 4.79 Å². The Hall–Kier alpha value is -0.790. The highest BCUT2D eigenvalue weighted by molar-refractivity contribution is 5.73. The number of esters is 1. The Kier molecular flexibility index (Phi) is 5.47. The number of hydrogen-bond donors (Lipinski definition) is 0. The molecule has 0 N–H and O–H groups in total. The van der Waals surface area contributed by atoms with E-state index in [1.165, 1.54) is 32.1 Å². The molecule has 1 aliphatic carbocycles. The number of allylic oxidation sites excluding steroid dienone is 1. The van der Waals surface area contributed by atoms with Gasteiger partial charge >= 0.3 is 5.97 Å². The molecule has 2 fully saturated rings. The molecule has 0 radical (unpaired) electrons. The van der Waals surface area contributed by atoms with Gasteiger partial charge in [-0.05, 0) is 50.4 Å². The van der Waals surface area contributed by atoms with Crippen LogP contribution < -0.4 is 0 Å². The first-order valence-corrected chi connectivity index (χ1v) is 8.06. The summed E-state index contributed by atoms with van der Waals surface area (Å²) < 4.78 is 5.62. The lowest BCUT2D eigenvalue weighted by molar-refractivity contribution is -0.164. The van der Waals surface area contributed by atoms with E-state index in [4.69, 9.17) is 4.74 Å². The molecule has 1 heterocycles. The predicted molar refractivity (Wildman–Crippen MR) is 77.8 cm³/mol. The van der Waals surface area contributed by atoms with Crippen molar-refractivity contribution >= 4 is 5.97 Å². The minimum atomic E-state index is 0.0836. The van der Waals surface area contributed by atoms with Gasteiger partial charge < -0.3 is 4.74 Å². The summed E-state index contributed by atoms with van der Waals surface area (Å²) in [6, 6.07) is 0. The highest BCUT2D eigenvalue weighted by Crippen LogP contribution is 2.39. The van der Waals surface area contributed by atoms with Crippen LogP contribution in [0.5, 0.6) is 0 Å². The number of ether oxygens (including phenoxy) is 1. The van der Waals surface area contributed by atoms with E-state index in [-0.39, 0.29) is 18.0 Å². The average molecular weight is 264 g/mol. The minimum Gasteiger partial charge on any atom is -0.462 e. The van der Waals surface area contributed by atoms with Crippen LogP contribution in [0.15, 0.2) is 12.7 Å². The van der Waals surface area contributed by atoms with Crippen LogP contribution in [0.25, 0.3) is 0 Å². The highest BCUT2D eigenvalue weighted by atomic mass is 16.5. The van der Waals surface area contributed by atoms with E-state index >= 15 is 0 Å².